The van der Waals surface area contributed by atoms with Crippen LogP contribution in [-0.2, 0) is 10.0 Å². The van der Waals surface area contributed by atoms with Gasteiger partial charge in [0.1, 0.15) is 10.9 Å². The normalized spacial score (nSPS) is 12.6. The van der Waals surface area contributed by atoms with E-state index < -0.39 is 15.3 Å². The van der Waals surface area contributed by atoms with Crippen molar-refractivity contribution in [3.63, 3.8) is 0 Å². The molecule has 4 nitrogen and oxygen atoms in total. The van der Waals surface area contributed by atoms with E-state index in [1.54, 1.807) is 24.3 Å². The molecule has 0 aliphatic carbocycles. The van der Waals surface area contributed by atoms with Gasteiger partial charge in [-0.25, -0.2) is 12.4 Å². The second-order valence-corrected chi connectivity index (χ2v) is 9.04. The molecule has 0 fully saturated rings. The minimum absolute atomic E-state index is 0.112. The summed E-state index contributed by atoms with van der Waals surface area (Å²) < 4.78 is 28.8. The molecule has 0 aliphatic heterocycles. The molecule has 0 bridgehead atoms. The number of hydrogen-bond acceptors (Lipinski definition) is 3. The Morgan fingerprint density at radius 2 is 1.53 bits per heavy atom. The SMILES string of the molecule is C=CC(c1ccc(C)cc1)S(=O)(=O)n1c(C=O)c(-c2ccccc2)c2ccccc21. The smallest absolute Gasteiger partial charge is 0.250 e. The minimum atomic E-state index is -4.01. The van der Waals surface area contributed by atoms with Gasteiger partial charge in [0, 0.05) is 10.9 Å². The summed E-state index contributed by atoms with van der Waals surface area (Å²) in [5.74, 6) is 0. The monoisotopic (exact) mass is 415 g/mol. The van der Waals surface area contributed by atoms with E-state index in [0.717, 1.165) is 11.1 Å². The first-order valence-corrected chi connectivity index (χ1v) is 11.1. The maximum Gasteiger partial charge on any atom is 0.250 e. The van der Waals surface area contributed by atoms with Crippen LogP contribution >= 0.6 is 0 Å². The highest BCUT2D eigenvalue weighted by molar-refractivity contribution is 7.90. The third-order valence-corrected chi connectivity index (χ3v) is 7.25. The molecular weight excluding hydrogens is 394 g/mol. The lowest BCUT2D eigenvalue weighted by Crippen LogP contribution is -2.21. The van der Waals surface area contributed by atoms with Crippen LogP contribution in [0.2, 0.25) is 0 Å². The lowest BCUT2D eigenvalue weighted by atomic mass is 10.0. The number of aromatic nitrogens is 1. The summed E-state index contributed by atoms with van der Waals surface area (Å²) in [7, 11) is -4.01. The molecule has 1 aromatic heterocycles. The van der Waals surface area contributed by atoms with E-state index in [1.165, 1.54) is 10.0 Å². The molecule has 0 aliphatic rings. The van der Waals surface area contributed by atoms with E-state index in [1.807, 2.05) is 61.5 Å². The van der Waals surface area contributed by atoms with Crippen molar-refractivity contribution in [3.05, 3.63) is 108 Å². The van der Waals surface area contributed by atoms with Gasteiger partial charge in [0.25, 0.3) is 0 Å². The molecule has 4 aromatic rings. The van der Waals surface area contributed by atoms with Gasteiger partial charge in [-0.3, -0.25) is 4.79 Å². The van der Waals surface area contributed by atoms with Crippen molar-refractivity contribution in [3.8, 4) is 11.1 Å². The number of hydrogen-bond donors (Lipinski definition) is 0. The lowest BCUT2D eigenvalue weighted by molar-refractivity contribution is 0.111. The van der Waals surface area contributed by atoms with Gasteiger partial charge in [0.05, 0.1) is 5.52 Å². The summed E-state index contributed by atoms with van der Waals surface area (Å²) >= 11 is 0. The van der Waals surface area contributed by atoms with Gasteiger partial charge in [-0.2, -0.15) is 0 Å². The Bertz CT molecular complexity index is 1330. The fourth-order valence-corrected chi connectivity index (χ4v) is 5.63. The van der Waals surface area contributed by atoms with Gasteiger partial charge < -0.3 is 0 Å². The van der Waals surface area contributed by atoms with Crippen LogP contribution in [0, 0.1) is 6.92 Å². The Labute approximate surface area is 176 Å². The molecule has 5 heteroatoms. The fourth-order valence-electron chi connectivity index (χ4n) is 3.82. The molecule has 150 valence electrons. The summed E-state index contributed by atoms with van der Waals surface area (Å²) in [6.45, 7) is 5.71. The zero-order valence-electron chi connectivity index (χ0n) is 16.5. The number of aryl methyl sites for hydroxylation is 1. The summed E-state index contributed by atoms with van der Waals surface area (Å²) in [6, 6.07) is 23.8. The van der Waals surface area contributed by atoms with E-state index in [2.05, 4.69) is 6.58 Å². The maximum atomic E-state index is 13.8. The highest BCUT2D eigenvalue weighted by atomic mass is 32.2. The van der Waals surface area contributed by atoms with E-state index in [9.17, 15) is 13.2 Å². The van der Waals surface area contributed by atoms with Crippen LogP contribution < -0.4 is 0 Å². The molecule has 30 heavy (non-hydrogen) atoms. The molecule has 0 amide bonds. The third kappa shape index (κ3) is 3.17. The average Bonchev–Trinajstić information content (AvgIpc) is 3.11. The summed E-state index contributed by atoms with van der Waals surface area (Å²) in [5, 5.41) is -0.280. The molecule has 1 unspecified atom stereocenters. The van der Waals surface area contributed by atoms with Gasteiger partial charge in [0.2, 0.25) is 10.0 Å². The van der Waals surface area contributed by atoms with Crippen molar-refractivity contribution in [1.82, 2.24) is 3.97 Å². The fraction of sp³-hybridized carbons (Fsp3) is 0.0800. The van der Waals surface area contributed by atoms with Gasteiger partial charge in [0.15, 0.2) is 6.29 Å². The molecule has 0 saturated carbocycles. The molecule has 1 heterocycles. The van der Waals surface area contributed by atoms with Crippen LogP contribution in [-0.4, -0.2) is 18.7 Å². The first-order valence-electron chi connectivity index (χ1n) is 9.56. The van der Waals surface area contributed by atoms with Gasteiger partial charge in [-0.05, 0) is 24.1 Å². The standard InChI is InChI=1S/C25H21NO3S/c1-3-24(19-15-13-18(2)14-16-19)30(28,29)26-22-12-8-7-11-21(22)25(23(26)17-27)20-9-5-4-6-10-20/h3-17,24H,1H2,2H3. The maximum absolute atomic E-state index is 13.8. The van der Waals surface area contributed by atoms with Crippen molar-refractivity contribution in [2.75, 3.05) is 0 Å². The number of rotatable bonds is 6. The number of carbonyl (C=O) groups excluding carboxylic acids is 1. The molecule has 0 radical (unpaired) electrons. The number of carbonyl (C=O) groups is 1. The van der Waals surface area contributed by atoms with Crippen LogP contribution in [0.1, 0.15) is 26.9 Å². The number of benzene rings is 3. The Morgan fingerprint density at radius 3 is 2.17 bits per heavy atom. The summed E-state index contributed by atoms with van der Waals surface area (Å²) in [6.07, 6.45) is 2.03. The van der Waals surface area contributed by atoms with Crippen molar-refractivity contribution >= 4 is 27.2 Å². The molecule has 0 spiro atoms. The van der Waals surface area contributed by atoms with Crippen molar-refractivity contribution in [2.24, 2.45) is 0 Å². The second kappa shape index (κ2) is 7.76. The summed E-state index contributed by atoms with van der Waals surface area (Å²) in [5.41, 5.74) is 3.61. The molecule has 3 aromatic carbocycles. The second-order valence-electron chi connectivity index (χ2n) is 7.14. The summed E-state index contributed by atoms with van der Waals surface area (Å²) in [4.78, 5) is 12.2. The van der Waals surface area contributed by atoms with Crippen molar-refractivity contribution in [2.45, 2.75) is 12.2 Å². The van der Waals surface area contributed by atoms with Crippen molar-refractivity contribution in [1.29, 1.82) is 0 Å². The first-order chi connectivity index (χ1) is 14.5. The topological polar surface area (TPSA) is 56.1 Å². The molecule has 0 saturated heterocycles. The first kappa shape index (κ1) is 19.9. The predicted octanol–water partition coefficient (Wildman–Crippen LogP) is 5.53. The zero-order chi connectivity index (χ0) is 21.3. The lowest BCUT2D eigenvalue weighted by Gasteiger charge is -2.17. The largest absolute Gasteiger partial charge is 0.296 e. The van der Waals surface area contributed by atoms with Crippen LogP contribution in [0.4, 0.5) is 0 Å². The van der Waals surface area contributed by atoms with Gasteiger partial charge >= 0.3 is 0 Å². The van der Waals surface area contributed by atoms with E-state index in [4.69, 9.17) is 0 Å². The Hall–Kier alpha value is -3.44. The highest BCUT2D eigenvalue weighted by Crippen LogP contribution is 2.38. The predicted molar refractivity (Wildman–Crippen MR) is 121 cm³/mol. The van der Waals surface area contributed by atoms with Crippen LogP contribution in [0.25, 0.3) is 22.0 Å². The molecule has 0 N–H and O–H groups in total. The molecule has 1 atom stereocenters. The average molecular weight is 416 g/mol. The minimum Gasteiger partial charge on any atom is -0.296 e. The van der Waals surface area contributed by atoms with Crippen LogP contribution in [0.15, 0.2) is 91.5 Å². The zero-order valence-corrected chi connectivity index (χ0v) is 17.3. The molecular formula is C25H21NO3S. The number of aldehydes is 1. The van der Waals surface area contributed by atoms with Gasteiger partial charge in [-0.1, -0.05) is 84.4 Å². The number of para-hydroxylation sites is 1. The quantitative estimate of drug-likeness (QED) is 0.307. The highest BCUT2D eigenvalue weighted by Gasteiger charge is 2.32. The van der Waals surface area contributed by atoms with E-state index >= 15 is 0 Å². The van der Waals surface area contributed by atoms with E-state index in [0.29, 0.717) is 28.3 Å². The molecule has 4 rings (SSSR count). The van der Waals surface area contributed by atoms with E-state index in [-0.39, 0.29) is 5.69 Å². The van der Waals surface area contributed by atoms with Crippen LogP contribution in [0.5, 0.6) is 0 Å². The third-order valence-electron chi connectivity index (χ3n) is 5.24. The number of nitrogens with zero attached hydrogens (tertiary/aromatic N) is 1. The van der Waals surface area contributed by atoms with Gasteiger partial charge in [-0.15, -0.1) is 6.58 Å². The Kier molecular flexibility index (Phi) is 5.14. The van der Waals surface area contributed by atoms with Crippen LogP contribution in [0.3, 0.4) is 0 Å². The Morgan fingerprint density at radius 1 is 0.900 bits per heavy atom. The van der Waals surface area contributed by atoms with Crippen molar-refractivity contribution < 1.29 is 13.2 Å². The Balaban J connectivity index is 2.04. The number of fused-ring (bicyclic) bond motifs is 1.